The molecule has 1 aromatic rings. The van der Waals surface area contributed by atoms with Gasteiger partial charge in [-0.25, -0.2) is 4.79 Å². The van der Waals surface area contributed by atoms with Gasteiger partial charge in [-0.3, -0.25) is 4.79 Å². The third kappa shape index (κ3) is 4.23. The van der Waals surface area contributed by atoms with Crippen LogP contribution in [-0.2, 0) is 19.1 Å². The van der Waals surface area contributed by atoms with Crippen LogP contribution in [0, 0.1) is 5.41 Å². The van der Waals surface area contributed by atoms with Crippen LogP contribution in [-0.4, -0.2) is 25.2 Å². The van der Waals surface area contributed by atoms with Crippen LogP contribution in [0.3, 0.4) is 0 Å². The number of carbonyl (C=O) groups excluding carboxylic acids is 2. The van der Waals surface area contributed by atoms with Crippen LogP contribution >= 0.6 is 0 Å². The molecule has 0 aliphatic rings. The van der Waals surface area contributed by atoms with Crippen LogP contribution < -0.4 is 0 Å². The van der Waals surface area contributed by atoms with Crippen molar-refractivity contribution in [3.05, 3.63) is 42.0 Å². The van der Waals surface area contributed by atoms with E-state index in [2.05, 4.69) is 0 Å². The molecule has 1 unspecified atom stereocenters. The second-order valence-electron chi connectivity index (χ2n) is 5.04. The van der Waals surface area contributed by atoms with E-state index in [0.29, 0.717) is 0 Å². The molecule has 4 nitrogen and oxygen atoms in total. The van der Waals surface area contributed by atoms with Crippen LogP contribution in [0.5, 0.6) is 0 Å². The van der Waals surface area contributed by atoms with Crippen molar-refractivity contribution >= 4 is 18.0 Å². The van der Waals surface area contributed by atoms with Crippen molar-refractivity contribution < 1.29 is 19.1 Å². The van der Waals surface area contributed by atoms with E-state index in [1.807, 2.05) is 30.3 Å². The third-order valence-corrected chi connectivity index (χ3v) is 3.23. The number of hydrogen-bond acceptors (Lipinski definition) is 4. The number of hydrogen-bond donors (Lipinski definition) is 0. The molecule has 0 fully saturated rings. The van der Waals surface area contributed by atoms with Crippen molar-refractivity contribution in [2.45, 2.75) is 26.9 Å². The van der Waals surface area contributed by atoms with Gasteiger partial charge in [0.2, 0.25) is 0 Å². The molecular weight excluding hydrogens is 256 g/mol. The summed E-state index contributed by atoms with van der Waals surface area (Å²) in [6, 6.07) is 9.43. The molecule has 0 saturated heterocycles. The van der Waals surface area contributed by atoms with Gasteiger partial charge in [-0.15, -0.1) is 0 Å². The predicted octanol–water partition coefficient (Wildman–Crippen LogP) is 2.83. The molecule has 0 aromatic heterocycles. The van der Waals surface area contributed by atoms with E-state index in [-0.39, 0.29) is 0 Å². The highest BCUT2D eigenvalue weighted by molar-refractivity contribution is 5.87. The lowest BCUT2D eigenvalue weighted by atomic mass is 9.87. The van der Waals surface area contributed by atoms with Crippen LogP contribution in [0.25, 0.3) is 6.08 Å². The first kappa shape index (κ1) is 16.0. The lowest BCUT2D eigenvalue weighted by molar-refractivity contribution is -0.164. The Hall–Kier alpha value is -2.10. The fourth-order valence-corrected chi connectivity index (χ4v) is 1.52. The molecule has 0 spiro atoms. The highest BCUT2D eigenvalue weighted by Crippen LogP contribution is 2.25. The van der Waals surface area contributed by atoms with Gasteiger partial charge in [-0.2, -0.15) is 0 Å². The average molecular weight is 276 g/mol. The second kappa shape index (κ2) is 6.89. The highest BCUT2D eigenvalue weighted by Gasteiger charge is 2.37. The molecule has 1 atom stereocenters. The Kier molecular flexibility index (Phi) is 5.50. The molecule has 0 saturated carbocycles. The zero-order valence-corrected chi connectivity index (χ0v) is 12.3. The monoisotopic (exact) mass is 276 g/mol. The van der Waals surface area contributed by atoms with Crippen LogP contribution in [0.2, 0.25) is 0 Å². The molecule has 1 aromatic carbocycles. The van der Waals surface area contributed by atoms with Crippen molar-refractivity contribution in [1.82, 2.24) is 0 Å². The van der Waals surface area contributed by atoms with E-state index < -0.39 is 23.5 Å². The zero-order valence-electron chi connectivity index (χ0n) is 12.3. The number of benzene rings is 1. The zero-order chi connectivity index (χ0) is 15.2. The summed E-state index contributed by atoms with van der Waals surface area (Å²) in [4.78, 5) is 23.3. The van der Waals surface area contributed by atoms with Crippen LogP contribution in [0.15, 0.2) is 36.4 Å². The topological polar surface area (TPSA) is 52.6 Å². The first-order chi connectivity index (χ1) is 9.37. The lowest BCUT2D eigenvalue weighted by Crippen LogP contribution is -2.38. The van der Waals surface area contributed by atoms with E-state index in [0.717, 1.165) is 5.56 Å². The van der Waals surface area contributed by atoms with Crippen molar-refractivity contribution in [1.29, 1.82) is 0 Å². The predicted molar refractivity (Wildman–Crippen MR) is 76.8 cm³/mol. The summed E-state index contributed by atoms with van der Waals surface area (Å²) in [7, 11) is 1.31. The Bertz CT molecular complexity index is 488. The summed E-state index contributed by atoms with van der Waals surface area (Å²) in [5.74, 6) is -0.900. The van der Waals surface area contributed by atoms with Gasteiger partial charge in [0.25, 0.3) is 0 Å². The molecule has 0 amide bonds. The van der Waals surface area contributed by atoms with Gasteiger partial charge < -0.3 is 9.47 Å². The minimum atomic E-state index is -0.884. The molecule has 20 heavy (non-hydrogen) atoms. The van der Waals surface area contributed by atoms with Crippen molar-refractivity contribution in [3.8, 4) is 0 Å². The Morgan fingerprint density at radius 2 is 1.80 bits per heavy atom. The maximum absolute atomic E-state index is 11.7. The molecule has 0 aliphatic heterocycles. The van der Waals surface area contributed by atoms with Crippen molar-refractivity contribution in [3.63, 3.8) is 0 Å². The standard InChI is InChI=1S/C16H20O4/c1-12(16(2,3)15(18)19-4)20-14(17)11-10-13-8-6-5-7-9-13/h5-12H,1-4H3. The van der Waals surface area contributed by atoms with Crippen LogP contribution in [0.4, 0.5) is 0 Å². The average Bonchev–Trinajstić information content (AvgIpc) is 2.45. The molecule has 0 aliphatic carbocycles. The summed E-state index contributed by atoms with van der Waals surface area (Å²) < 4.78 is 9.93. The van der Waals surface area contributed by atoms with E-state index >= 15 is 0 Å². The van der Waals surface area contributed by atoms with E-state index in [1.165, 1.54) is 13.2 Å². The van der Waals surface area contributed by atoms with E-state index in [1.54, 1.807) is 26.8 Å². The van der Waals surface area contributed by atoms with Gasteiger partial charge in [-0.05, 0) is 32.4 Å². The Morgan fingerprint density at radius 3 is 2.35 bits per heavy atom. The Labute approximate surface area is 119 Å². The molecule has 0 bridgehead atoms. The van der Waals surface area contributed by atoms with Crippen molar-refractivity contribution in [2.75, 3.05) is 7.11 Å². The summed E-state index contributed by atoms with van der Waals surface area (Å²) in [6.07, 6.45) is 2.43. The van der Waals surface area contributed by atoms with Gasteiger partial charge in [-0.1, -0.05) is 30.3 Å². The van der Waals surface area contributed by atoms with Gasteiger partial charge in [0.05, 0.1) is 12.5 Å². The largest absolute Gasteiger partial charge is 0.469 e. The minimum Gasteiger partial charge on any atom is -0.469 e. The normalized spacial score (nSPS) is 13.0. The minimum absolute atomic E-state index is 0.412. The van der Waals surface area contributed by atoms with Crippen molar-refractivity contribution in [2.24, 2.45) is 5.41 Å². The number of rotatable bonds is 5. The quantitative estimate of drug-likeness (QED) is 0.613. The first-order valence-electron chi connectivity index (χ1n) is 6.40. The second-order valence-corrected chi connectivity index (χ2v) is 5.04. The summed E-state index contributed by atoms with van der Waals surface area (Å²) in [6.45, 7) is 5.03. The maximum atomic E-state index is 11.7. The summed E-state index contributed by atoms with van der Waals surface area (Å²) in [5, 5.41) is 0. The Balaban J connectivity index is 2.62. The number of ether oxygens (including phenoxy) is 2. The first-order valence-corrected chi connectivity index (χ1v) is 6.40. The fraction of sp³-hybridized carbons (Fsp3) is 0.375. The molecule has 0 radical (unpaired) electrons. The summed E-state index contributed by atoms with van der Waals surface area (Å²) >= 11 is 0. The molecule has 4 heteroatoms. The van der Waals surface area contributed by atoms with Gasteiger partial charge in [0, 0.05) is 6.08 Å². The third-order valence-electron chi connectivity index (χ3n) is 3.23. The summed E-state index contributed by atoms with van der Waals surface area (Å²) in [5.41, 5.74) is 0.0229. The molecule has 0 N–H and O–H groups in total. The number of carbonyl (C=O) groups is 2. The SMILES string of the molecule is COC(=O)C(C)(C)C(C)OC(=O)C=Cc1ccccc1. The van der Waals surface area contributed by atoms with Gasteiger partial charge >= 0.3 is 11.9 Å². The fourth-order valence-electron chi connectivity index (χ4n) is 1.52. The smallest absolute Gasteiger partial charge is 0.331 e. The molecule has 108 valence electrons. The van der Waals surface area contributed by atoms with Crippen LogP contribution in [0.1, 0.15) is 26.3 Å². The number of methoxy groups -OCH3 is 1. The maximum Gasteiger partial charge on any atom is 0.331 e. The molecular formula is C16H20O4. The highest BCUT2D eigenvalue weighted by atomic mass is 16.6. The van der Waals surface area contributed by atoms with E-state index in [9.17, 15) is 9.59 Å². The lowest BCUT2D eigenvalue weighted by Gasteiger charge is -2.27. The molecule has 1 rings (SSSR count). The Morgan fingerprint density at radius 1 is 1.20 bits per heavy atom. The number of esters is 2. The van der Waals surface area contributed by atoms with E-state index in [4.69, 9.17) is 9.47 Å². The van der Waals surface area contributed by atoms with Gasteiger partial charge in [0.15, 0.2) is 0 Å². The molecule has 0 heterocycles. The van der Waals surface area contributed by atoms with Gasteiger partial charge in [0.1, 0.15) is 6.10 Å².